The first kappa shape index (κ1) is 7.66. The molecule has 3 heteroatoms. The first-order valence-corrected chi connectivity index (χ1v) is 4.46. The molecule has 0 saturated heterocycles. The van der Waals surface area contributed by atoms with Crippen LogP contribution in [0.1, 0.15) is 19.0 Å². The third-order valence-corrected chi connectivity index (χ3v) is 2.58. The third-order valence-electron chi connectivity index (χ3n) is 1.25. The first-order valence-electron chi connectivity index (χ1n) is 3.47. The van der Waals surface area contributed by atoms with Crippen molar-refractivity contribution < 1.29 is 0 Å². The molecule has 0 fully saturated rings. The van der Waals surface area contributed by atoms with E-state index in [0.717, 1.165) is 0 Å². The minimum Gasteiger partial charge on any atom is -0.282 e. The van der Waals surface area contributed by atoms with Crippen molar-refractivity contribution in [1.82, 2.24) is 10.2 Å². The minimum absolute atomic E-state index is 1.18. The SMILES string of the molecule is CCCSc1cn[nH]c1C. The van der Waals surface area contributed by atoms with Crippen LogP contribution < -0.4 is 0 Å². The van der Waals surface area contributed by atoms with Crippen LogP contribution in [0.3, 0.4) is 0 Å². The Hall–Kier alpha value is -0.440. The fourth-order valence-corrected chi connectivity index (χ4v) is 1.51. The molecule has 0 aliphatic carbocycles. The van der Waals surface area contributed by atoms with Gasteiger partial charge in [0.05, 0.1) is 6.20 Å². The quantitative estimate of drug-likeness (QED) is 0.680. The minimum atomic E-state index is 1.18. The Balaban J connectivity index is 2.49. The number of hydrogen-bond donors (Lipinski definition) is 1. The van der Waals surface area contributed by atoms with Crippen molar-refractivity contribution in [2.45, 2.75) is 25.2 Å². The summed E-state index contributed by atoms with van der Waals surface area (Å²) in [5.41, 5.74) is 1.18. The van der Waals surface area contributed by atoms with Gasteiger partial charge in [0.2, 0.25) is 0 Å². The highest BCUT2D eigenvalue weighted by molar-refractivity contribution is 7.99. The van der Waals surface area contributed by atoms with Crippen molar-refractivity contribution in [3.05, 3.63) is 11.9 Å². The first-order chi connectivity index (χ1) is 4.84. The van der Waals surface area contributed by atoms with Crippen LogP contribution in [-0.4, -0.2) is 16.0 Å². The van der Waals surface area contributed by atoms with Crippen LogP contribution in [0.5, 0.6) is 0 Å². The second-order valence-electron chi connectivity index (χ2n) is 2.21. The van der Waals surface area contributed by atoms with Crippen LogP contribution in [-0.2, 0) is 0 Å². The molecule has 0 aliphatic rings. The predicted octanol–water partition coefficient (Wildman–Crippen LogP) is 2.22. The summed E-state index contributed by atoms with van der Waals surface area (Å²) in [6.07, 6.45) is 3.10. The largest absolute Gasteiger partial charge is 0.282 e. The number of nitrogens with one attached hydrogen (secondary N) is 1. The Bertz CT molecular complexity index is 195. The molecule has 0 aliphatic heterocycles. The standard InChI is InChI=1S/C7H12N2S/c1-3-4-10-7-5-8-9-6(7)2/h5H,3-4H2,1-2H3,(H,8,9). The van der Waals surface area contributed by atoms with E-state index in [2.05, 4.69) is 17.1 Å². The van der Waals surface area contributed by atoms with Gasteiger partial charge in [-0.2, -0.15) is 5.10 Å². The Morgan fingerprint density at radius 2 is 2.50 bits per heavy atom. The zero-order valence-corrected chi connectivity index (χ0v) is 7.16. The van der Waals surface area contributed by atoms with Gasteiger partial charge in [-0.15, -0.1) is 11.8 Å². The van der Waals surface area contributed by atoms with Crippen molar-refractivity contribution in [2.75, 3.05) is 5.75 Å². The van der Waals surface area contributed by atoms with Crippen LogP contribution in [0, 0.1) is 6.92 Å². The number of aromatic nitrogens is 2. The highest BCUT2D eigenvalue weighted by Crippen LogP contribution is 2.19. The van der Waals surface area contributed by atoms with E-state index >= 15 is 0 Å². The molecule has 10 heavy (non-hydrogen) atoms. The predicted molar refractivity (Wildman–Crippen MR) is 44.3 cm³/mol. The number of hydrogen-bond acceptors (Lipinski definition) is 2. The van der Waals surface area contributed by atoms with Gasteiger partial charge in [0.15, 0.2) is 0 Å². The lowest BCUT2D eigenvalue weighted by molar-refractivity contribution is 1.04. The molecule has 0 saturated carbocycles. The average molecular weight is 156 g/mol. The fraction of sp³-hybridized carbons (Fsp3) is 0.571. The molecule has 0 radical (unpaired) electrons. The molecule has 1 heterocycles. The molecule has 0 bridgehead atoms. The van der Waals surface area contributed by atoms with E-state index in [0.29, 0.717) is 0 Å². The highest BCUT2D eigenvalue weighted by atomic mass is 32.2. The van der Waals surface area contributed by atoms with Crippen molar-refractivity contribution >= 4 is 11.8 Å². The summed E-state index contributed by atoms with van der Waals surface area (Å²) in [7, 11) is 0. The monoisotopic (exact) mass is 156 g/mol. The topological polar surface area (TPSA) is 28.7 Å². The van der Waals surface area contributed by atoms with Gasteiger partial charge in [-0.1, -0.05) is 6.92 Å². The lowest BCUT2D eigenvalue weighted by Crippen LogP contribution is -1.76. The van der Waals surface area contributed by atoms with E-state index in [-0.39, 0.29) is 0 Å². The van der Waals surface area contributed by atoms with E-state index < -0.39 is 0 Å². The molecule has 1 aromatic rings. The lowest BCUT2D eigenvalue weighted by atomic mass is 10.5. The summed E-state index contributed by atoms with van der Waals surface area (Å²) in [6, 6.07) is 0. The van der Waals surface area contributed by atoms with Crippen LogP contribution in [0.15, 0.2) is 11.1 Å². The molecule has 0 unspecified atom stereocenters. The molecule has 1 aromatic heterocycles. The third kappa shape index (κ3) is 1.77. The maximum absolute atomic E-state index is 3.93. The zero-order valence-electron chi connectivity index (χ0n) is 6.35. The molecular weight excluding hydrogens is 144 g/mol. The molecule has 1 rings (SSSR count). The smallest absolute Gasteiger partial charge is 0.0626 e. The molecular formula is C7H12N2S. The van der Waals surface area contributed by atoms with Crippen LogP contribution in [0.25, 0.3) is 0 Å². The second-order valence-corrected chi connectivity index (χ2v) is 3.34. The Morgan fingerprint density at radius 3 is 3.00 bits per heavy atom. The lowest BCUT2D eigenvalue weighted by Gasteiger charge is -1.94. The number of aromatic amines is 1. The van der Waals surface area contributed by atoms with Gasteiger partial charge < -0.3 is 0 Å². The van der Waals surface area contributed by atoms with Crippen molar-refractivity contribution in [3.8, 4) is 0 Å². The van der Waals surface area contributed by atoms with Gasteiger partial charge in [-0.3, -0.25) is 5.10 Å². The zero-order chi connectivity index (χ0) is 7.40. The van der Waals surface area contributed by atoms with Crippen molar-refractivity contribution in [1.29, 1.82) is 0 Å². The second kappa shape index (κ2) is 3.66. The molecule has 0 aromatic carbocycles. The molecule has 2 nitrogen and oxygen atoms in total. The molecule has 0 spiro atoms. The van der Waals surface area contributed by atoms with Crippen molar-refractivity contribution in [2.24, 2.45) is 0 Å². The Morgan fingerprint density at radius 1 is 1.70 bits per heavy atom. The molecule has 56 valence electrons. The van der Waals surface area contributed by atoms with Gasteiger partial charge in [-0.25, -0.2) is 0 Å². The maximum Gasteiger partial charge on any atom is 0.0626 e. The maximum atomic E-state index is 3.93. The number of nitrogens with zero attached hydrogens (tertiary/aromatic N) is 1. The van der Waals surface area contributed by atoms with Gasteiger partial charge in [0.1, 0.15) is 0 Å². The number of aryl methyl sites for hydroxylation is 1. The van der Waals surface area contributed by atoms with Crippen molar-refractivity contribution in [3.63, 3.8) is 0 Å². The fourth-order valence-electron chi connectivity index (χ4n) is 0.697. The molecule has 0 atom stereocenters. The number of thioether (sulfide) groups is 1. The van der Waals surface area contributed by atoms with Crippen LogP contribution >= 0.6 is 11.8 Å². The normalized spacial score (nSPS) is 10.2. The van der Waals surface area contributed by atoms with Gasteiger partial charge in [-0.05, 0) is 19.1 Å². The number of rotatable bonds is 3. The molecule has 0 amide bonds. The van der Waals surface area contributed by atoms with E-state index in [1.165, 1.54) is 22.8 Å². The average Bonchev–Trinajstić information content (AvgIpc) is 2.31. The highest BCUT2D eigenvalue weighted by Gasteiger charge is 1.97. The summed E-state index contributed by atoms with van der Waals surface area (Å²) in [5.74, 6) is 1.18. The summed E-state index contributed by atoms with van der Waals surface area (Å²) < 4.78 is 0. The van der Waals surface area contributed by atoms with Crippen LogP contribution in [0.4, 0.5) is 0 Å². The van der Waals surface area contributed by atoms with Crippen LogP contribution in [0.2, 0.25) is 0 Å². The number of H-pyrrole nitrogens is 1. The van der Waals surface area contributed by atoms with Gasteiger partial charge >= 0.3 is 0 Å². The Labute approximate surface area is 65.4 Å². The molecule has 1 N–H and O–H groups in total. The van der Waals surface area contributed by atoms with E-state index in [1.54, 1.807) is 0 Å². The van der Waals surface area contributed by atoms with E-state index in [1.807, 2.05) is 24.9 Å². The Kier molecular flexibility index (Phi) is 2.81. The summed E-state index contributed by atoms with van der Waals surface area (Å²) in [4.78, 5) is 1.28. The van der Waals surface area contributed by atoms with Gasteiger partial charge in [0, 0.05) is 10.6 Å². The van der Waals surface area contributed by atoms with E-state index in [4.69, 9.17) is 0 Å². The van der Waals surface area contributed by atoms with Gasteiger partial charge in [0.25, 0.3) is 0 Å². The summed E-state index contributed by atoms with van der Waals surface area (Å²) in [5, 5.41) is 6.84. The summed E-state index contributed by atoms with van der Waals surface area (Å²) in [6.45, 7) is 4.23. The van der Waals surface area contributed by atoms with E-state index in [9.17, 15) is 0 Å². The summed E-state index contributed by atoms with van der Waals surface area (Å²) >= 11 is 1.86.